The van der Waals surface area contributed by atoms with Gasteiger partial charge in [0.15, 0.2) is 0 Å². The molecule has 1 aliphatic carbocycles. The number of hydrogen-bond donors (Lipinski definition) is 2. The molecule has 1 atom stereocenters. The number of nitrogens with two attached hydrogens (primary N) is 2. The minimum Gasteiger partial charge on any atom is -0.399 e. The molecule has 0 heterocycles. The summed E-state index contributed by atoms with van der Waals surface area (Å²) in [5.74, 6) is -0.463. The Morgan fingerprint density at radius 3 is 2.64 bits per heavy atom. The Morgan fingerprint density at radius 1 is 1.64 bits per heavy atom. The maximum absolute atomic E-state index is 12.9. The van der Waals surface area contributed by atoms with Gasteiger partial charge < -0.3 is 11.5 Å². The van der Waals surface area contributed by atoms with Crippen LogP contribution >= 0.6 is 11.6 Å². The molecule has 0 amide bonds. The van der Waals surface area contributed by atoms with Gasteiger partial charge in [-0.25, -0.2) is 4.39 Å². The fraction of sp³-hybridized carbons (Fsp3) is 0.429. The van der Waals surface area contributed by atoms with E-state index < -0.39 is 0 Å². The molecule has 2 nitrogen and oxygen atoms in total. The first-order valence-corrected chi connectivity index (χ1v) is 3.85. The molecule has 0 saturated carbocycles. The van der Waals surface area contributed by atoms with Crippen LogP contribution in [0.5, 0.6) is 0 Å². The summed E-state index contributed by atoms with van der Waals surface area (Å²) in [5.41, 5.74) is 12.0. The van der Waals surface area contributed by atoms with Crippen molar-refractivity contribution in [1.82, 2.24) is 0 Å². The lowest BCUT2D eigenvalue weighted by atomic mass is 10.0. The Kier molecular flexibility index (Phi) is 2.52. The fourth-order valence-corrected chi connectivity index (χ4v) is 1.47. The highest BCUT2D eigenvalue weighted by Crippen LogP contribution is 2.30. The van der Waals surface area contributed by atoms with Crippen LogP contribution in [0.15, 0.2) is 23.2 Å². The van der Waals surface area contributed by atoms with Crippen LogP contribution in [-0.2, 0) is 0 Å². The summed E-state index contributed by atoms with van der Waals surface area (Å²) in [6.45, 7) is 0.271. The zero-order chi connectivity index (χ0) is 8.43. The van der Waals surface area contributed by atoms with E-state index in [0.29, 0.717) is 11.3 Å². The van der Waals surface area contributed by atoms with Crippen molar-refractivity contribution in [3.63, 3.8) is 0 Å². The molecule has 4 heteroatoms. The average molecular weight is 177 g/mol. The Morgan fingerprint density at radius 2 is 2.27 bits per heavy atom. The number of hydrogen-bond acceptors (Lipinski definition) is 2. The number of allylic oxidation sites excluding steroid dienone is 2. The van der Waals surface area contributed by atoms with Crippen LogP contribution in [0.2, 0.25) is 0 Å². The molecule has 62 valence electrons. The minimum atomic E-state index is -0.387. The molecular formula is C7H10ClFN2. The quantitative estimate of drug-likeness (QED) is 0.614. The lowest BCUT2D eigenvalue weighted by molar-refractivity contribution is 0.544. The van der Waals surface area contributed by atoms with Gasteiger partial charge in [-0.1, -0.05) is 0 Å². The predicted molar refractivity (Wildman–Crippen MR) is 43.7 cm³/mol. The van der Waals surface area contributed by atoms with E-state index in [1.165, 1.54) is 6.08 Å². The van der Waals surface area contributed by atoms with Gasteiger partial charge in [-0.05, 0) is 11.6 Å². The van der Waals surface area contributed by atoms with E-state index in [-0.39, 0.29) is 24.2 Å². The number of alkyl halides is 1. The van der Waals surface area contributed by atoms with Gasteiger partial charge in [0.2, 0.25) is 0 Å². The van der Waals surface area contributed by atoms with Gasteiger partial charge in [-0.15, -0.1) is 11.6 Å². The maximum Gasteiger partial charge on any atom is 0.110 e. The molecule has 0 aromatic carbocycles. The molecule has 0 radical (unpaired) electrons. The van der Waals surface area contributed by atoms with Gasteiger partial charge in [-0.2, -0.15) is 0 Å². The summed E-state index contributed by atoms with van der Waals surface area (Å²) in [6, 6.07) is 0. The summed E-state index contributed by atoms with van der Waals surface area (Å²) in [4.78, 5) is 0. The van der Waals surface area contributed by atoms with Gasteiger partial charge in [0.25, 0.3) is 0 Å². The Balaban J connectivity index is 2.86. The average Bonchev–Trinajstić information content (AvgIpc) is 2.24. The van der Waals surface area contributed by atoms with E-state index in [4.69, 9.17) is 23.1 Å². The van der Waals surface area contributed by atoms with Crippen molar-refractivity contribution in [2.45, 2.75) is 0 Å². The first-order chi connectivity index (χ1) is 5.20. The highest BCUT2D eigenvalue weighted by molar-refractivity contribution is 6.18. The zero-order valence-electron chi connectivity index (χ0n) is 5.98. The van der Waals surface area contributed by atoms with Gasteiger partial charge >= 0.3 is 0 Å². The molecule has 0 spiro atoms. The molecule has 0 aromatic rings. The Labute approximate surface area is 69.7 Å². The van der Waals surface area contributed by atoms with Crippen LogP contribution in [-0.4, -0.2) is 12.4 Å². The van der Waals surface area contributed by atoms with Crippen LogP contribution < -0.4 is 11.5 Å². The van der Waals surface area contributed by atoms with Crippen molar-refractivity contribution < 1.29 is 4.39 Å². The SMILES string of the molecule is NCC1=C(N)C=C(F)C1CCl. The second kappa shape index (κ2) is 3.24. The first-order valence-electron chi connectivity index (χ1n) is 3.32. The second-order valence-corrected chi connectivity index (χ2v) is 2.73. The minimum absolute atomic E-state index is 0.204. The van der Waals surface area contributed by atoms with E-state index in [0.717, 1.165) is 0 Å². The van der Waals surface area contributed by atoms with Crippen LogP contribution in [0.4, 0.5) is 4.39 Å². The lowest BCUT2D eigenvalue weighted by Crippen LogP contribution is -2.15. The topological polar surface area (TPSA) is 52.0 Å². The van der Waals surface area contributed by atoms with Crippen molar-refractivity contribution >= 4 is 11.6 Å². The molecule has 0 aromatic heterocycles. The summed E-state index contributed by atoms with van der Waals surface area (Å²) < 4.78 is 12.9. The molecule has 1 rings (SSSR count). The molecule has 1 aliphatic rings. The van der Waals surface area contributed by atoms with E-state index >= 15 is 0 Å². The summed E-state index contributed by atoms with van der Waals surface area (Å²) in [5, 5.41) is 0. The molecule has 1 unspecified atom stereocenters. The zero-order valence-corrected chi connectivity index (χ0v) is 6.74. The third-order valence-electron chi connectivity index (χ3n) is 1.79. The fourth-order valence-electron chi connectivity index (χ4n) is 1.14. The van der Waals surface area contributed by atoms with E-state index in [1.807, 2.05) is 0 Å². The van der Waals surface area contributed by atoms with Crippen molar-refractivity contribution in [3.8, 4) is 0 Å². The first kappa shape index (κ1) is 8.56. The third-order valence-corrected chi connectivity index (χ3v) is 2.10. The van der Waals surface area contributed by atoms with E-state index in [2.05, 4.69) is 0 Å². The lowest BCUT2D eigenvalue weighted by Gasteiger charge is -2.09. The normalized spacial score (nSPS) is 24.3. The van der Waals surface area contributed by atoms with Crippen molar-refractivity contribution in [2.24, 2.45) is 17.4 Å². The van der Waals surface area contributed by atoms with Gasteiger partial charge in [0.1, 0.15) is 5.83 Å². The van der Waals surface area contributed by atoms with Gasteiger partial charge in [-0.3, -0.25) is 0 Å². The van der Waals surface area contributed by atoms with Crippen LogP contribution in [0.25, 0.3) is 0 Å². The molecule has 0 bridgehead atoms. The number of halogens is 2. The van der Waals surface area contributed by atoms with Gasteiger partial charge in [0, 0.05) is 24.0 Å². The van der Waals surface area contributed by atoms with E-state index in [9.17, 15) is 4.39 Å². The Bertz CT molecular complexity index is 222. The van der Waals surface area contributed by atoms with E-state index in [1.54, 1.807) is 0 Å². The highest BCUT2D eigenvalue weighted by atomic mass is 35.5. The molecule has 4 N–H and O–H groups in total. The Hall–Kier alpha value is -0.540. The highest BCUT2D eigenvalue weighted by Gasteiger charge is 2.24. The van der Waals surface area contributed by atoms with Crippen molar-refractivity contribution in [1.29, 1.82) is 0 Å². The summed E-state index contributed by atoms with van der Waals surface area (Å²) in [7, 11) is 0. The summed E-state index contributed by atoms with van der Waals surface area (Å²) in [6.07, 6.45) is 1.29. The molecule has 0 saturated heterocycles. The van der Waals surface area contributed by atoms with Crippen LogP contribution in [0.3, 0.4) is 0 Å². The van der Waals surface area contributed by atoms with Crippen LogP contribution in [0, 0.1) is 5.92 Å². The molecule has 11 heavy (non-hydrogen) atoms. The predicted octanol–water partition coefficient (Wildman–Crippen LogP) is 0.880. The van der Waals surface area contributed by atoms with Crippen molar-refractivity contribution in [3.05, 3.63) is 23.2 Å². The largest absolute Gasteiger partial charge is 0.399 e. The standard InChI is InChI=1S/C7H10ClFN2/c8-2-4-5(3-10)7(11)1-6(4)9/h1,4H,2-3,10-11H2. The summed E-state index contributed by atoms with van der Waals surface area (Å²) >= 11 is 5.52. The molecule has 0 aliphatic heterocycles. The van der Waals surface area contributed by atoms with Gasteiger partial charge in [0.05, 0.1) is 0 Å². The molecule has 0 fully saturated rings. The maximum atomic E-state index is 12.9. The molecular weight excluding hydrogens is 167 g/mol. The third kappa shape index (κ3) is 1.39. The van der Waals surface area contributed by atoms with Crippen LogP contribution in [0.1, 0.15) is 0 Å². The van der Waals surface area contributed by atoms with Crippen molar-refractivity contribution in [2.75, 3.05) is 12.4 Å². The smallest absolute Gasteiger partial charge is 0.110 e. The monoisotopic (exact) mass is 176 g/mol. The number of rotatable bonds is 2. The second-order valence-electron chi connectivity index (χ2n) is 2.42.